The Morgan fingerprint density at radius 3 is 2.50 bits per heavy atom. The first-order chi connectivity index (χ1) is 11.5. The molecule has 24 heavy (non-hydrogen) atoms. The number of carbonyl (C=O) groups excluding carboxylic acids is 1. The summed E-state index contributed by atoms with van der Waals surface area (Å²) >= 11 is 3.50. The lowest BCUT2D eigenvalue weighted by molar-refractivity contribution is 0.0785. The van der Waals surface area contributed by atoms with E-state index in [0.717, 1.165) is 22.2 Å². The second kappa shape index (κ2) is 8.88. The van der Waals surface area contributed by atoms with Gasteiger partial charge in [0.15, 0.2) is 0 Å². The van der Waals surface area contributed by atoms with Crippen LogP contribution in [-0.4, -0.2) is 24.5 Å². The Morgan fingerprint density at radius 1 is 1.17 bits per heavy atom. The lowest BCUT2D eigenvalue weighted by Crippen LogP contribution is -2.26. The third kappa shape index (κ3) is 5.38. The highest BCUT2D eigenvalue weighted by Crippen LogP contribution is 2.27. The molecule has 3 nitrogen and oxygen atoms in total. The van der Waals surface area contributed by atoms with Crippen molar-refractivity contribution in [1.82, 2.24) is 4.90 Å². The summed E-state index contributed by atoms with van der Waals surface area (Å²) in [6.07, 6.45) is 1.01. The zero-order valence-corrected chi connectivity index (χ0v) is 16.0. The molecule has 2 rings (SSSR count). The van der Waals surface area contributed by atoms with E-state index in [4.69, 9.17) is 4.74 Å². The van der Waals surface area contributed by atoms with Gasteiger partial charge in [-0.2, -0.15) is 0 Å². The summed E-state index contributed by atoms with van der Waals surface area (Å²) in [6.45, 7) is 5.60. The molecule has 0 aliphatic rings. The summed E-state index contributed by atoms with van der Waals surface area (Å²) in [5.41, 5.74) is 1.76. The fourth-order valence-electron chi connectivity index (χ4n) is 2.30. The molecule has 0 fully saturated rings. The zero-order chi connectivity index (χ0) is 17.5. The zero-order valence-electron chi connectivity index (χ0n) is 14.5. The number of amides is 1. The second-order valence-electron chi connectivity index (χ2n) is 6.32. The maximum absolute atomic E-state index is 12.6. The number of rotatable bonds is 7. The number of hydrogen-bond acceptors (Lipinski definition) is 2. The van der Waals surface area contributed by atoms with E-state index < -0.39 is 0 Å². The van der Waals surface area contributed by atoms with Gasteiger partial charge in [0.1, 0.15) is 5.75 Å². The van der Waals surface area contributed by atoms with Crippen molar-refractivity contribution in [3.05, 3.63) is 64.1 Å². The quantitative estimate of drug-likeness (QED) is 0.655. The lowest BCUT2D eigenvalue weighted by Gasteiger charge is -2.18. The Morgan fingerprint density at radius 2 is 1.88 bits per heavy atom. The van der Waals surface area contributed by atoms with E-state index in [9.17, 15) is 4.79 Å². The largest absolute Gasteiger partial charge is 0.492 e. The molecule has 2 aromatic carbocycles. The van der Waals surface area contributed by atoms with Crippen molar-refractivity contribution in [2.24, 2.45) is 5.92 Å². The Balaban J connectivity index is 2.00. The van der Waals surface area contributed by atoms with E-state index in [1.54, 1.807) is 4.90 Å². The highest BCUT2D eigenvalue weighted by Gasteiger charge is 2.14. The molecule has 0 radical (unpaired) electrons. The first-order valence-corrected chi connectivity index (χ1v) is 8.98. The Bertz CT molecular complexity index is 671. The van der Waals surface area contributed by atoms with Crippen molar-refractivity contribution in [3.8, 4) is 5.75 Å². The van der Waals surface area contributed by atoms with E-state index in [1.165, 1.54) is 0 Å². The minimum absolute atomic E-state index is 0.00622. The molecule has 2 aromatic rings. The molecule has 0 spiro atoms. The van der Waals surface area contributed by atoms with Crippen LogP contribution in [-0.2, 0) is 6.54 Å². The van der Waals surface area contributed by atoms with Crippen LogP contribution in [0, 0.1) is 5.92 Å². The van der Waals surface area contributed by atoms with Gasteiger partial charge in [-0.3, -0.25) is 4.79 Å². The van der Waals surface area contributed by atoms with Crippen LogP contribution in [0.2, 0.25) is 0 Å². The van der Waals surface area contributed by atoms with Gasteiger partial charge in [-0.05, 0) is 52.0 Å². The smallest absolute Gasteiger partial charge is 0.253 e. The van der Waals surface area contributed by atoms with E-state index in [-0.39, 0.29) is 5.91 Å². The number of halogens is 1. The molecule has 1 amide bonds. The number of ether oxygens (including phenoxy) is 1. The summed E-state index contributed by atoms with van der Waals surface area (Å²) in [7, 11) is 1.82. The van der Waals surface area contributed by atoms with Gasteiger partial charge in [-0.15, -0.1) is 0 Å². The van der Waals surface area contributed by atoms with E-state index in [0.29, 0.717) is 24.6 Å². The summed E-state index contributed by atoms with van der Waals surface area (Å²) in [6, 6.07) is 15.5. The maximum Gasteiger partial charge on any atom is 0.253 e. The van der Waals surface area contributed by atoms with Crippen molar-refractivity contribution >= 4 is 21.8 Å². The Hall–Kier alpha value is -1.81. The van der Waals surface area contributed by atoms with Crippen LogP contribution >= 0.6 is 15.9 Å². The molecular formula is C20H24BrNO2. The molecule has 0 aromatic heterocycles. The van der Waals surface area contributed by atoms with Crippen molar-refractivity contribution < 1.29 is 9.53 Å². The third-order valence-electron chi connectivity index (χ3n) is 3.74. The SMILES string of the molecule is CC(C)CCOc1ccc(C(=O)N(C)Cc2ccccc2)cc1Br. The highest BCUT2D eigenvalue weighted by atomic mass is 79.9. The fraction of sp³-hybridized carbons (Fsp3) is 0.350. The van der Waals surface area contributed by atoms with Crippen LogP contribution in [0.1, 0.15) is 36.2 Å². The monoisotopic (exact) mass is 389 g/mol. The molecule has 128 valence electrons. The average Bonchev–Trinajstić information content (AvgIpc) is 2.56. The van der Waals surface area contributed by atoms with Gasteiger partial charge in [0.05, 0.1) is 11.1 Å². The molecule has 0 bridgehead atoms. The average molecular weight is 390 g/mol. The van der Waals surface area contributed by atoms with Crippen molar-refractivity contribution in [2.75, 3.05) is 13.7 Å². The molecule has 4 heteroatoms. The number of benzene rings is 2. The predicted octanol–water partition coefficient (Wildman–Crippen LogP) is 5.15. The molecule has 0 saturated carbocycles. The summed E-state index contributed by atoms with van der Waals surface area (Å²) < 4.78 is 6.58. The van der Waals surface area contributed by atoms with E-state index in [2.05, 4.69) is 29.8 Å². The first-order valence-electron chi connectivity index (χ1n) is 8.19. The molecule has 0 heterocycles. The fourth-order valence-corrected chi connectivity index (χ4v) is 2.80. The van der Waals surface area contributed by atoms with Crippen LogP contribution in [0.4, 0.5) is 0 Å². The molecular weight excluding hydrogens is 366 g/mol. The van der Waals surface area contributed by atoms with Crippen LogP contribution in [0.15, 0.2) is 53.0 Å². The summed E-state index contributed by atoms with van der Waals surface area (Å²) in [5.74, 6) is 1.38. The van der Waals surface area contributed by atoms with Gasteiger partial charge < -0.3 is 9.64 Å². The minimum Gasteiger partial charge on any atom is -0.492 e. The highest BCUT2D eigenvalue weighted by molar-refractivity contribution is 9.10. The summed E-state index contributed by atoms with van der Waals surface area (Å²) in [4.78, 5) is 14.3. The maximum atomic E-state index is 12.6. The van der Waals surface area contributed by atoms with Gasteiger partial charge >= 0.3 is 0 Å². The van der Waals surface area contributed by atoms with E-state index >= 15 is 0 Å². The number of hydrogen-bond donors (Lipinski definition) is 0. The molecule has 0 aliphatic heterocycles. The normalized spacial score (nSPS) is 10.7. The van der Waals surface area contributed by atoms with Gasteiger partial charge in [0, 0.05) is 19.2 Å². The second-order valence-corrected chi connectivity index (χ2v) is 7.18. The van der Waals surface area contributed by atoms with Gasteiger partial charge in [-0.1, -0.05) is 44.2 Å². The topological polar surface area (TPSA) is 29.5 Å². The number of carbonyl (C=O) groups is 1. The van der Waals surface area contributed by atoms with Crippen molar-refractivity contribution in [3.63, 3.8) is 0 Å². The standard InChI is InChI=1S/C20H24BrNO2/c1-15(2)11-12-24-19-10-9-17(13-18(19)21)20(23)22(3)14-16-7-5-4-6-8-16/h4-10,13,15H,11-12,14H2,1-3H3. The molecule has 0 unspecified atom stereocenters. The minimum atomic E-state index is -0.00622. The van der Waals surface area contributed by atoms with Crippen LogP contribution in [0.25, 0.3) is 0 Å². The third-order valence-corrected chi connectivity index (χ3v) is 4.36. The Labute approximate surface area is 152 Å². The molecule has 0 saturated heterocycles. The van der Waals surface area contributed by atoms with Crippen LogP contribution in [0.5, 0.6) is 5.75 Å². The summed E-state index contributed by atoms with van der Waals surface area (Å²) in [5, 5.41) is 0. The van der Waals surface area contributed by atoms with Crippen LogP contribution in [0.3, 0.4) is 0 Å². The van der Waals surface area contributed by atoms with E-state index in [1.807, 2.05) is 55.6 Å². The van der Waals surface area contributed by atoms with Gasteiger partial charge in [-0.25, -0.2) is 0 Å². The van der Waals surface area contributed by atoms with Gasteiger partial charge in [0.2, 0.25) is 0 Å². The van der Waals surface area contributed by atoms with Crippen LogP contribution < -0.4 is 4.74 Å². The predicted molar refractivity (Wildman–Crippen MR) is 101 cm³/mol. The number of nitrogens with zero attached hydrogens (tertiary/aromatic N) is 1. The van der Waals surface area contributed by atoms with Gasteiger partial charge in [0.25, 0.3) is 5.91 Å². The lowest BCUT2D eigenvalue weighted by atomic mass is 10.1. The first kappa shape index (κ1) is 18.5. The molecule has 0 aliphatic carbocycles. The van der Waals surface area contributed by atoms with Crippen molar-refractivity contribution in [2.45, 2.75) is 26.8 Å². The molecule has 0 atom stereocenters. The van der Waals surface area contributed by atoms with Crippen molar-refractivity contribution in [1.29, 1.82) is 0 Å². The molecule has 0 N–H and O–H groups in total. The Kier molecular flexibility index (Phi) is 6.85.